The van der Waals surface area contributed by atoms with E-state index in [4.69, 9.17) is 10.8 Å². The smallest absolute Gasteiger partial charge is 0.322 e. The van der Waals surface area contributed by atoms with Crippen LogP contribution in [0.3, 0.4) is 0 Å². The van der Waals surface area contributed by atoms with Gasteiger partial charge in [0.25, 0.3) is 5.91 Å². The second kappa shape index (κ2) is 4.75. The van der Waals surface area contributed by atoms with Crippen molar-refractivity contribution in [1.29, 1.82) is 0 Å². The maximum Gasteiger partial charge on any atom is 0.322 e. The standard InChI is InChI=1S/C13H12N2O3/c14-11-6-5-10(13(18)15-7-12(16)17)8-3-1-2-4-9(8)11/h1-6H,7,14H2,(H,15,18)(H,16,17). The van der Waals surface area contributed by atoms with Gasteiger partial charge in [-0.2, -0.15) is 0 Å². The zero-order valence-corrected chi connectivity index (χ0v) is 9.51. The van der Waals surface area contributed by atoms with Gasteiger partial charge in [0.1, 0.15) is 6.54 Å². The largest absolute Gasteiger partial charge is 0.480 e. The normalized spacial score (nSPS) is 10.2. The number of rotatable bonds is 3. The van der Waals surface area contributed by atoms with Crippen LogP contribution in [0.15, 0.2) is 36.4 Å². The number of anilines is 1. The molecule has 0 fully saturated rings. The molecular weight excluding hydrogens is 232 g/mol. The molecule has 2 aromatic carbocycles. The molecule has 0 radical (unpaired) electrons. The molecule has 0 heterocycles. The lowest BCUT2D eigenvalue weighted by molar-refractivity contribution is -0.135. The van der Waals surface area contributed by atoms with Gasteiger partial charge in [0.2, 0.25) is 0 Å². The molecule has 0 aliphatic heterocycles. The van der Waals surface area contributed by atoms with E-state index in [2.05, 4.69) is 5.32 Å². The SMILES string of the molecule is Nc1ccc(C(=O)NCC(=O)O)c2ccccc12. The zero-order chi connectivity index (χ0) is 13.1. The van der Waals surface area contributed by atoms with Crippen LogP contribution >= 0.6 is 0 Å². The Labute approximate surface area is 103 Å². The summed E-state index contributed by atoms with van der Waals surface area (Å²) in [7, 11) is 0. The molecule has 0 aliphatic carbocycles. The van der Waals surface area contributed by atoms with Gasteiger partial charge in [0.15, 0.2) is 0 Å². The number of benzene rings is 2. The first-order chi connectivity index (χ1) is 8.59. The molecule has 0 atom stereocenters. The summed E-state index contributed by atoms with van der Waals surface area (Å²) in [6.45, 7) is -0.405. The first kappa shape index (κ1) is 11.9. The van der Waals surface area contributed by atoms with E-state index in [0.717, 1.165) is 5.39 Å². The van der Waals surface area contributed by atoms with Crippen LogP contribution in [0.4, 0.5) is 5.69 Å². The highest BCUT2D eigenvalue weighted by Gasteiger charge is 2.11. The fraction of sp³-hybridized carbons (Fsp3) is 0.0769. The average molecular weight is 244 g/mol. The minimum atomic E-state index is -1.08. The highest BCUT2D eigenvalue weighted by atomic mass is 16.4. The lowest BCUT2D eigenvalue weighted by Gasteiger charge is -2.08. The molecule has 0 aromatic heterocycles. The number of carbonyl (C=O) groups is 2. The fourth-order valence-electron chi connectivity index (χ4n) is 1.77. The molecule has 92 valence electrons. The van der Waals surface area contributed by atoms with Crippen LogP contribution in [0, 0.1) is 0 Å². The summed E-state index contributed by atoms with van der Waals surface area (Å²) in [6.07, 6.45) is 0. The van der Waals surface area contributed by atoms with Crippen LogP contribution < -0.4 is 11.1 Å². The first-order valence-electron chi connectivity index (χ1n) is 5.37. The van der Waals surface area contributed by atoms with Crippen LogP contribution in [-0.4, -0.2) is 23.5 Å². The van der Waals surface area contributed by atoms with Gasteiger partial charge in [-0.15, -0.1) is 0 Å². The van der Waals surface area contributed by atoms with Crippen LogP contribution in [0.2, 0.25) is 0 Å². The number of nitrogen functional groups attached to an aromatic ring is 1. The average Bonchev–Trinajstić information content (AvgIpc) is 2.37. The third-order valence-corrected chi connectivity index (χ3v) is 2.60. The number of fused-ring (bicyclic) bond motifs is 1. The van der Waals surface area contributed by atoms with E-state index in [1.807, 2.05) is 12.1 Å². The predicted octanol–water partition coefficient (Wildman–Crippen LogP) is 1.24. The van der Waals surface area contributed by atoms with E-state index in [0.29, 0.717) is 16.6 Å². The van der Waals surface area contributed by atoms with Crippen molar-refractivity contribution >= 4 is 28.3 Å². The summed E-state index contributed by atoms with van der Waals surface area (Å²) in [4.78, 5) is 22.3. The minimum Gasteiger partial charge on any atom is -0.480 e. The second-order valence-electron chi connectivity index (χ2n) is 3.82. The van der Waals surface area contributed by atoms with Crippen molar-refractivity contribution in [2.24, 2.45) is 0 Å². The number of carboxylic acids is 1. The molecular formula is C13H12N2O3. The first-order valence-corrected chi connectivity index (χ1v) is 5.37. The Bertz CT molecular complexity index is 623. The van der Waals surface area contributed by atoms with Gasteiger partial charge < -0.3 is 16.2 Å². The van der Waals surface area contributed by atoms with Crippen molar-refractivity contribution < 1.29 is 14.7 Å². The predicted molar refractivity (Wildman–Crippen MR) is 68.3 cm³/mol. The molecule has 0 saturated heterocycles. The number of amides is 1. The maximum atomic E-state index is 11.9. The summed E-state index contributed by atoms with van der Waals surface area (Å²) in [5.41, 5.74) is 6.82. The van der Waals surface area contributed by atoms with Crippen LogP contribution in [0.5, 0.6) is 0 Å². The number of aliphatic carboxylic acids is 1. The monoisotopic (exact) mass is 244 g/mol. The fourth-order valence-corrected chi connectivity index (χ4v) is 1.77. The number of carbonyl (C=O) groups excluding carboxylic acids is 1. The lowest BCUT2D eigenvalue weighted by atomic mass is 10.0. The van der Waals surface area contributed by atoms with Crippen molar-refractivity contribution in [3.63, 3.8) is 0 Å². The summed E-state index contributed by atoms with van der Waals surface area (Å²) in [5.74, 6) is -1.50. The molecule has 0 saturated carbocycles. The van der Waals surface area contributed by atoms with E-state index >= 15 is 0 Å². The van der Waals surface area contributed by atoms with Gasteiger partial charge in [-0.3, -0.25) is 9.59 Å². The molecule has 0 unspecified atom stereocenters. The Morgan fingerprint density at radius 1 is 1.11 bits per heavy atom. The summed E-state index contributed by atoms with van der Waals surface area (Å²) in [6, 6.07) is 10.5. The van der Waals surface area contributed by atoms with Gasteiger partial charge >= 0.3 is 5.97 Å². The second-order valence-corrected chi connectivity index (χ2v) is 3.82. The van der Waals surface area contributed by atoms with Gasteiger partial charge in [0, 0.05) is 16.6 Å². The molecule has 2 aromatic rings. The van der Waals surface area contributed by atoms with Crippen molar-refractivity contribution in [3.8, 4) is 0 Å². The maximum absolute atomic E-state index is 11.9. The summed E-state index contributed by atoms with van der Waals surface area (Å²) in [5, 5.41) is 12.3. The number of carboxylic acid groups (broad SMARTS) is 1. The molecule has 0 bridgehead atoms. The molecule has 0 spiro atoms. The number of nitrogens with two attached hydrogens (primary N) is 1. The Kier molecular flexibility index (Phi) is 3.14. The number of nitrogens with one attached hydrogen (secondary N) is 1. The van der Waals surface area contributed by atoms with Crippen molar-refractivity contribution in [2.75, 3.05) is 12.3 Å². The molecule has 5 nitrogen and oxygen atoms in total. The molecule has 2 rings (SSSR count). The zero-order valence-electron chi connectivity index (χ0n) is 9.51. The van der Waals surface area contributed by atoms with Gasteiger partial charge in [-0.05, 0) is 17.5 Å². The van der Waals surface area contributed by atoms with Crippen molar-refractivity contribution in [1.82, 2.24) is 5.32 Å². The minimum absolute atomic E-state index is 0.405. The Morgan fingerprint density at radius 2 is 1.78 bits per heavy atom. The van der Waals surface area contributed by atoms with E-state index in [-0.39, 0.29) is 0 Å². The number of hydrogen-bond acceptors (Lipinski definition) is 3. The van der Waals surface area contributed by atoms with Crippen LogP contribution in [-0.2, 0) is 4.79 Å². The van der Waals surface area contributed by atoms with E-state index in [9.17, 15) is 9.59 Å². The number of hydrogen-bond donors (Lipinski definition) is 3. The van der Waals surface area contributed by atoms with Crippen molar-refractivity contribution in [2.45, 2.75) is 0 Å². The van der Waals surface area contributed by atoms with Gasteiger partial charge in [-0.1, -0.05) is 24.3 Å². The quantitative estimate of drug-likeness (QED) is 0.708. The van der Waals surface area contributed by atoms with Gasteiger partial charge in [-0.25, -0.2) is 0 Å². The Balaban J connectivity index is 2.42. The molecule has 4 N–H and O–H groups in total. The lowest BCUT2D eigenvalue weighted by Crippen LogP contribution is -2.29. The Hall–Kier alpha value is -2.56. The molecule has 5 heteroatoms. The van der Waals surface area contributed by atoms with E-state index < -0.39 is 18.4 Å². The van der Waals surface area contributed by atoms with E-state index in [1.54, 1.807) is 24.3 Å². The van der Waals surface area contributed by atoms with Gasteiger partial charge in [0.05, 0.1) is 0 Å². The Morgan fingerprint density at radius 3 is 2.44 bits per heavy atom. The van der Waals surface area contributed by atoms with Crippen molar-refractivity contribution in [3.05, 3.63) is 42.0 Å². The molecule has 1 amide bonds. The summed E-state index contributed by atoms with van der Waals surface area (Å²) >= 11 is 0. The highest BCUT2D eigenvalue weighted by molar-refractivity contribution is 6.10. The molecule has 18 heavy (non-hydrogen) atoms. The topological polar surface area (TPSA) is 92.4 Å². The summed E-state index contributed by atoms with van der Waals surface area (Å²) < 4.78 is 0. The highest BCUT2D eigenvalue weighted by Crippen LogP contribution is 2.24. The van der Waals surface area contributed by atoms with E-state index in [1.165, 1.54) is 0 Å². The third-order valence-electron chi connectivity index (χ3n) is 2.60. The third kappa shape index (κ3) is 2.24. The van der Waals surface area contributed by atoms with Crippen LogP contribution in [0.25, 0.3) is 10.8 Å². The van der Waals surface area contributed by atoms with Crippen LogP contribution in [0.1, 0.15) is 10.4 Å². The molecule has 0 aliphatic rings.